The van der Waals surface area contributed by atoms with Crippen LogP contribution in [0, 0.1) is 11.6 Å². The van der Waals surface area contributed by atoms with Gasteiger partial charge in [-0.3, -0.25) is 0 Å². The maximum Gasteiger partial charge on any atom is 0.407 e. The summed E-state index contributed by atoms with van der Waals surface area (Å²) in [5, 5.41) is 16.9. The van der Waals surface area contributed by atoms with Crippen molar-refractivity contribution in [2.24, 2.45) is 0 Å². The summed E-state index contributed by atoms with van der Waals surface area (Å²) in [6.45, 7) is 4.46. The van der Waals surface area contributed by atoms with Crippen LogP contribution in [0.4, 0.5) is 13.6 Å². The molecule has 8 heteroatoms. The van der Waals surface area contributed by atoms with Crippen molar-refractivity contribution in [3.05, 3.63) is 120 Å². The Labute approximate surface area is 215 Å². The zero-order valence-electron chi connectivity index (χ0n) is 20.5. The number of carbonyl (C=O) groups is 1. The van der Waals surface area contributed by atoms with Crippen LogP contribution in [0.15, 0.2) is 91.5 Å². The van der Waals surface area contributed by atoms with Gasteiger partial charge in [-0.1, -0.05) is 66.7 Å². The van der Waals surface area contributed by atoms with E-state index in [0.717, 1.165) is 17.2 Å². The molecular formula is C29H32F2N2O4. The van der Waals surface area contributed by atoms with Gasteiger partial charge in [-0.05, 0) is 35.2 Å². The quantitative estimate of drug-likeness (QED) is 0.217. The maximum atomic E-state index is 13.8. The van der Waals surface area contributed by atoms with Crippen molar-refractivity contribution in [2.75, 3.05) is 19.8 Å². The topological polar surface area (TPSA) is 79.8 Å². The fourth-order valence-electron chi connectivity index (χ4n) is 3.81. The van der Waals surface area contributed by atoms with Crippen molar-refractivity contribution in [3.8, 4) is 0 Å². The van der Waals surface area contributed by atoms with E-state index in [0.29, 0.717) is 18.8 Å². The van der Waals surface area contributed by atoms with Crippen LogP contribution in [0.5, 0.6) is 0 Å². The summed E-state index contributed by atoms with van der Waals surface area (Å²) >= 11 is 0. The standard InChI is InChI=1S/C29H32F2N2O4/c1-2-13-36-20-27(23-11-7-4-8-12-23)32-18-28(34)26(16-22-14-24(30)17-25(31)15-22)33-29(35)37-19-21-9-5-3-6-10-21/h2-12,14-15,17,26-28,32,34H,1,13,16,18-20H2,(H,33,35)/t26-,27-,28+/m0/s1. The maximum absolute atomic E-state index is 13.8. The number of rotatable bonds is 14. The van der Waals surface area contributed by atoms with Crippen LogP contribution in [-0.4, -0.2) is 43.1 Å². The molecule has 0 aromatic heterocycles. The second-order valence-electron chi connectivity index (χ2n) is 8.56. The largest absolute Gasteiger partial charge is 0.445 e. The molecule has 0 saturated heterocycles. The highest BCUT2D eigenvalue weighted by Crippen LogP contribution is 2.15. The molecule has 3 aromatic carbocycles. The predicted octanol–water partition coefficient (Wildman–Crippen LogP) is 4.70. The van der Waals surface area contributed by atoms with E-state index in [1.165, 1.54) is 12.1 Å². The molecule has 37 heavy (non-hydrogen) atoms. The number of nitrogens with one attached hydrogen (secondary N) is 2. The molecule has 0 saturated carbocycles. The van der Waals surface area contributed by atoms with E-state index in [1.54, 1.807) is 6.08 Å². The normalized spacial score (nSPS) is 13.4. The van der Waals surface area contributed by atoms with Gasteiger partial charge in [0.05, 0.1) is 31.4 Å². The van der Waals surface area contributed by atoms with E-state index in [1.807, 2.05) is 60.7 Å². The Morgan fingerprint density at radius 2 is 1.62 bits per heavy atom. The lowest BCUT2D eigenvalue weighted by atomic mass is 10.00. The number of aliphatic hydroxyl groups excluding tert-OH is 1. The second kappa shape index (κ2) is 14.8. The van der Waals surface area contributed by atoms with Gasteiger partial charge >= 0.3 is 6.09 Å². The van der Waals surface area contributed by atoms with Gasteiger partial charge in [0.1, 0.15) is 18.2 Å². The van der Waals surface area contributed by atoms with Crippen LogP contribution in [0.1, 0.15) is 22.7 Å². The first-order valence-electron chi connectivity index (χ1n) is 12.0. The minimum atomic E-state index is -1.11. The Morgan fingerprint density at radius 3 is 2.27 bits per heavy atom. The third-order valence-corrected chi connectivity index (χ3v) is 5.65. The van der Waals surface area contributed by atoms with Crippen LogP contribution in [0.25, 0.3) is 0 Å². The average molecular weight is 511 g/mol. The van der Waals surface area contributed by atoms with E-state index in [2.05, 4.69) is 17.2 Å². The van der Waals surface area contributed by atoms with Crippen LogP contribution < -0.4 is 10.6 Å². The highest BCUT2D eigenvalue weighted by atomic mass is 19.1. The Morgan fingerprint density at radius 1 is 0.973 bits per heavy atom. The van der Waals surface area contributed by atoms with Gasteiger partial charge in [0, 0.05) is 12.6 Å². The first-order chi connectivity index (χ1) is 17.9. The first-order valence-corrected chi connectivity index (χ1v) is 12.0. The molecule has 0 aliphatic carbocycles. The fourth-order valence-corrected chi connectivity index (χ4v) is 3.81. The first kappa shape index (κ1) is 28.0. The van der Waals surface area contributed by atoms with E-state index in [4.69, 9.17) is 9.47 Å². The lowest BCUT2D eigenvalue weighted by Gasteiger charge is -2.27. The van der Waals surface area contributed by atoms with Crippen molar-refractivity contribution in [1.82, 2.24) is 10.6 Å². The highest BCUT2D eigenvalue weighted by Gasteiger charge is 2.24. The van der Waals surface area contributed by atoms with Crippen molar-refractivity contribution in [3.63, 3.8) is 0 Å². The fraction of sp³-hybridized carbons (Fsp3) is 0.276. The van der Waals surface area contributed by atoms with E-state index < -0.39 is 29.9 Å². The van der Waals surface area contributed by atoms with Crippen molar-refractivity contribution in [1.29, 1.82) is 0 Å². The smallest absolute Gasteiger partial charge is 0.407 e. The van der Waals surface area contributed by atoms with Gasteiger partial charge in [0.15, 0.2) is 0 Å². The minimum absolute atomic E-state index is 0.0130. The lowest BCUT2D eigenvalue weighted by Crippen LogP contribution is -2.49. The third-order valence-electron chi connectivity index (χ3n) is 5.65. The van der Waals surface area contributed by atoms with Crippen LogP contribution in [-0.2, 0) is 22.5 Å². The zero-order valence-corrected chi connectivity index (χ0v) is 20.5. The molecule has 0 aliphatic rings. The van der Waals surface area contributed by atoms with Gasteiger partial charge in [0.25, 0.3) is 0 Å². The molecule has 1 amide bonds. The summed E-state index contributed by atoms with van der Waals surface area (Å²) in [7, 11) is 0. The Balaban J connectivity index is 1.69. The molecule has 0 fully saturated rings. The van der Waals surface area contributed by atoms with Gasteiger partial charge in [-0.2, -0.15) is 0 Å². The number of alkyl carbamates (subject to hydrolysis) is 1. The predicted molar refractivity (Wildman–Crippen MR) is 138 cm³/mol. The van der Waals surface area contributed by atoms with Gasteiger partial charge in [-0.15, -0.1) is 6.58 Å². The van der Waals surface area contributed by atoms with Gasteiger partial charge in [0.2, 0.25) is 0 Å². The van der Waals surface area contributed by atoms with Crippen molar-refractivity contribution >= 4 is 6.09 Å². The number of halogens is 2. The Bertz CT molecular complexity index is 1100. The van der Waals surface area contributed by atoms with Gasteiger partial charge in [-0.25, -0.2) is 13.6 Å². The molecule has 196 valence electrons. The molecule has 6 nitrogen and oxygen atoms in total. The lowest BCUT2D eigenvalue weighted by molar-refractivity contribution is 0.0904. The number of hydrogen-bond donors (Lipinski definition) is 3. The van der Waals surface area contributed by atoms with E-state index >= 15 is 0 Å². The van der Waals surface area contributed by atoms with Gasteiger partial charge < -0.3 is 25.2 Å². The van der Waals surface area contributed by atoms with E-state index in [-0.39, 0.29) is 25.6 Å². The van der Waals surface area contributed by atoms with Crippen LogP contribution in [0.3, 0.4) is 0 Å². The summed E-state index contributed by atoms with van der Waals surface area (Å²) in [6, 6.07) is 20.7. The summed E-state index contributed by atoms with van der Waals surface area (Å²) in [5.74, 6) is -1.48. The SMILES string of the molecule is C=CCOC[C@H](NC[C@@H](O)[C@H](Cc1cc(F)cc(F)c1)NC(=O)OCc1ccccc1)c1ccccc1. The number of carbonyl (C=O) groups excluding carboxylic acids is 1. The molecule has 3 N–H and O–H groups in total. The molecular weight excluding hydrogens is 478 g/mol. The molecule has 0 unspecified atom stereocenters. The Kier molecular flexibility index (Phi) is 11.2. The summed E-state index contributed by atoms with van der Waals surface area (Å²) in [4.78, 5) is 12.5. The van der Waals surface area contributed by atoms with Crippen LogP contribution in [0.2, 0.25) is 0 Å². The number of hydrogen-bond acceptors (Lipinski definition) is 5. The average Bonchev–Trinajstić information content (AvgIpc) is 2.89. The molecule has 0 aliphatic heterocycles. The van der Waals surface area contributed by atoms with Crippen LogP contribution >= 0.6 is 0 Å². The molecule has 3 atom stereocenters. The van der Waals surface area contributed by atoms with Crippen molar-refractivity contribution < 1.29 is 28.2 Å². The summed E-state index contributed by atoms with van der Waals surface area (Å²) in [6.07, 6.45) is -0.225. The minimum Gasteiger partial charge on any atom is -0.445 e. The molecule has 3 rings (SSSR count). The monoisotopic (exact) mass is 510 g/mol. The second-order valence-corrected chi connectivity index (χ2v) is 8.56. The third kappa shape index (κ3) is 9.76. The molecule has 0 heterocycles. The molecule has 3 aromatic rings. The number of ether oxygens (including phenoxy) is 2. The molecule has 0 bridgehead atoms. The summed E-state index contributed by atoms with van der Waals surface area (Å²) < 4.78 is 38.5. The summed E-state index contributed by atoms with van der Waals surface area (Å²) in [5.41, 5.74) is 2.05. The number of benzene rings is 3. The van der Waals surface area contributed by atoms with E-state index in [9.17, 15) is 18.7 Å². The van der Waals surface area contributed by atoms with Crippen molar-refractivity contribution in [2.45, 2.75) is 31.2 Å². The number of aliphatic hydroxyl groups is 1. The molecule has 0 spiro atoms. The molecule has 0 radical (unpaired) electrons. The Hall–Kier alpha value is -3.59. The zero-order chi connectivity index (χ0) is 26.5. The number of amides is 1. The highest BCUT2D eigenvalue weighted by molar-refractivity contribution is 5.67.